The van der Waals surface area contributed by atoms with Gasteiger partial charge in [-0.25, -0.2) is 0 Å². The van der Waals surface area contributed by atoms with Crippen molar-refractivity contribution in [1.82, 2.24) is 0 Å². The summed E-state index contributed by atoms with van der Waals surface area (Å²) < 4.78 is 0. The van der Waals surface area contributed by atoms with Crippen LogP contribution < -0.4 is 5.73 Å². The number of rotatable bonds is 2. The zero-order valence-electron chi connectivity index (χ0n) is 4.39. The van der Waals surface area contributed by atoms with Crippen LogP contribution in [-0.4, -0.2) is 18.1 Å². The van der Waals surface area contributed by atoms with Crippen molar-refractivity contribution in [2.45, 2.75) is 6.92 Å². The molecule has 42 valence electrons. The van der Waals surface area contributed by atoms with Gasteiger partial charge in [-0.3, -0.25) is 4.99 Å². The van der Waals surface area contributed by atoms with Crippen LogP contribution in [0.2, 0.25) is 0 Å². The van der Waals surface area contributed by atoms with Crippen molar-refractivity contribution in [3.05, 3.63) is 0 Å². The van der Waals surface area contributed by atoms with E-state index in [9.17, 15) is 0 Å². The molecule has 0 heterocycles. The Morgan fingerprint density at radius 3 is 2.57 bits per heavy atom. The third-order valence-electron chi connectivity index (χ3n) is 0.461. The molecule has 0 aromatic heterocycles. The summed E-state index contributed by atoms with van der Waals surface area (Å²) in [7, 11) is 0. The van der Waals surface area contributed by atoms with Crippen LogP contribution in [0, 0.1) is 0 Å². The number of hydrogen-bond donors (Lipinski definition) is 2. The van der Waals surface area contributed by atoms with E-state index in [4.69, 9.17) is 5.73 Å². The number of amidine groups is 1. The van der Waals surface area contributed by atoms with Gasteiger partial charge in [0.05, 0.1) is 5.84 Å². The molecule has 3 heteroatoms. The van der Waals surface area contributed by atoms with Gasteiger partial charge in [0.15, 0.2) is 0 Å². The van der Waals surface area contributed by atoms with Crippen LogP contribution in [0.1, 0.15) is 6.92 Å². The third kappa shape index (κ3) is 5.82. The highest BCUT2D eigenvalue weighted by molar-refractivity contribution is 7.80. The molecule has 0 bridgehead atoms. The van der Waals surface area contributed by atoms with Crippen molar-refractivity contribution in [3.8, 4) is 0 Å². The Bertz CT molecular complexity index is 66.1. The molecule has 0 aliphatic carbocycles. The van der Waals surface area contributed by atoms with Crippen LogP contribution in [0.3, 0.4) is 0 Å². The zero-order valence-corrected chi connectivity index (χ0v) is 5.28. The molecular formula is C4H10N2S. The SMILES string of the molecule is CC(N)=NCCS. The molecule has 0 unspecified atom stereocenters. The van der Waals surface area contributed by atoms with E-state index in [1.807, 2.05) is 0 Å². The topological polar surface area (TPSA) is 38.4 Å². The van der Waals surface area contributed by atoms with Crippen molar-refractivity contribution in [3.63, 3.8) is 0 Å². The molecular weight excluding hydrogens is 108 g/mol. The molecule has 2 N–H and O–H groups in total. The fourth-order valence-corrected chi connectivity index (χ4v) is 0.326. The minimum atomic E-state index is 0.633. The van der Waals surface area contributed by atoms with Gasteiger partial charge in [-0.05, 0) is 6.92 Å². The number of aliphatic imine (C=N–C) groups is 1. The second kappa shape index (κ2) is 3.99. The van der Waals surface area contributed by atoms with Crippen LogP contribution in [0.4, 0.5) is 0 Å². The first-order chi connectivity index (χ1) is 3.27. The van der Waals surface area contributed by atoms with Gasteiger partial charge in [-0.15, -0.1) is 0 Å². The first-order valence-electron chi connectivity index (χ1n) is 2.14. The van der Waals surface area contributed by atoms with Crippen LogP contribution in [0.5, 0.6) is 0 Å². The van der Waals surface area contributed by atoms with Crippen LogP contribution >= 0.6 is 12.6 Å². The maximum absolute atomic E-state index is 5.19. The summed E-state index contributed by atoms with van der Waals surface area (Å²) in [4.78, 5) is 3.86. The molecule has 7 heavy (non-hydrogen) atoms. The smallest absolute Gasteiger partial charge is 0.0905 e. The van der Waals surface area contributed by atoms with Crippen molar-refractivity contribution in [2.75, 3.05) is 12.3 Å². The Hall–Kier alpha value is -0.180. The van der Waals surface area contributed by atoms with Crippen molar-refractivity contribution in [2.24, 2.45) is 10.7 Å². The lowest BCUT2D eigenvalue weighted by molar-refractivity contribution is 1.14. The van der Waals surface area contributed by atoms with Crippen LogP contribution in [0.25, 0.3) is 0 Å². The predicted molar refractivity (Wildman–Crippen MR) is 36.0 cm³/mol. The summed E-state index contributed by atoms with van der Waals surface area (Å²) in [6.45, 7) is 2.49. The van der Waals surface area contributed by atoms with E-state index in [0.717, 1.165) is 12.3 Å². The molecule has 0 rings (SSSR count). The Labute approximate surface area is 49.2 Å². The summed E-state index contributed by atoms with van der Waals surface area (Å²) in [5.41, 5.74) is 5.19. The molecule has 0 saturated carbocycles. The molecule has 0 aliphatic rings. The quantitative estimate of drug-likeness (QED) is 0.305. The van der Waals surface area contributed by atoms with E-state index in [0.29, 0.717) is 5.84 Å². The minimum Gasteiger partial charge on any atom is -0.388 e. The molecule has 0 amide bonds. The summed E-state index contributed by atoms with van der Waals surface area (Å²) in [6, 6.07) is 0. The molecule has 0 aromatic carbocycles. The molecule has 0 spiro atoms. The van der Waals surface area contributed by atoms with Crippen LogP contribution in [0.15, 0.2) is 4.99 Å². The minimum absolute atomic E-state index is 0.633. The molecule has 0 aliphatic heterocycles. The largest absolute Gasteiger partial charge is 0.388 e. The van der Waals surface area contributed by atoms with Gasteiger partial charge in [0.1, 0.15) is 0 Å². The number of thiol groups is 1. The van der Waals surface area contributed by atoms with Gasteiger partial charge < -0.3 is 5.73 Å². The Morgan fingerprint density at radius 2 is 2.43 bits per heavy atom. The Balaban J connectivity index is 3.08. The first kappa shape index (κ1) is 6.82. The molecule has 0 saturated heterocycles. The standard InChI is InChI=1S/C4H10N2S/c1-4(5)6-2-3-7/h7H,2-3H2,1H3,(H2,5,6). The monoisotopic (exact) mass is 118 g/mol. The first-order valence-corrected chi connectivity index (χ1v) is 2.78. The highest BCUT2D eigenvalue weighted by atomic mass is 32.1. The van der Waals surface area contributed by atoms with Gasteiger partial charge in [0, 0.05) is 12.3 Å². The van der Waals surface area contributed by atoms with Crippen molar-refractivity contribution >= 4 is 18.5 Å². The predicted octanol–water partition coefficient (Wildman–Crippen LogP) is 0.293. The molecule has 0 radical (unpaired) electrons. The van der Waals surface area contributed by atoms with E-state index >= 15 is 0 Å². The second-order valence-electron chi connectivity index (χ2n) is 1.25. The second-order valence-corrected chi connectivity index (χ2v) is 1.69. The lowest BCUT2D eigenvalue weighted by Crippen LogP contribution is -2.06. The highest BCUT2D eigenvalue weighted by Crippen LogP contribution is 1.73. The fourth-order valence-electron chi connectivity index (χ4n) is 0.226. The normalized spacial score (nSPS) is 12.0. The summed E-state index contributed by atoms with van der Waals surface area (Å²) >= 11 is 3.93. The Morgan fingerprint density at radius 1 is 1.86 bits per heavy atom. The van der Waals surface area contributed by atoms with E-state index in [2.05, 4.69) is 17.6 Å². The summed E-state index contributed by atoms with van der Waals surface area (Å²) in [5, 5.41) is 0. The third-order valence-corrected chi connectivity index (χ3v) is 0.661. The van der Waals surface area contributed by atoms with E-state index in [-0.39, 0.29) is 0 Å². The van der Waals surface area contributed by atoms with Gasteiger partial charge in [-0.2, -0.15) is 12.6 Å². The number of nitrogens with zero attached hydrogens (tertiary/aromatic N) is 1. The van der Waals surface area contributed by atoms with Crippen molar-refractivity contribution < 1.29 is 0 Å². The molecule has 2 nitrogen and oxygen atoms in total. The summed E-state index contributed by atoms with van der Waals surface area (Å²) in [6.07, 6.45) is 0. The molecule has 0 aromatic rings. The average Bonchev–Trinajstić information content (AvgIpc) is 1.61. The number of nitrogens with two attached hydrogens (primary N) is 1. The van der Waals surface area contributed by atoms with E-state index in [1.165, 1.54) is 0 Å². The lowest BCUT2D eigenvalue weighted by Gasteiger charge is -1.86. The average molecular weight is 118 g/mol. The molecule has 0 fully saturated rings. The summed E-state index contributed by atoms with van der Waals surface area (Å²) in [5.74, 6) is 1.41. The lowest BCUT2D eigenvalue weighted by atomic mass is 10.7. The van der Waals surface area contributed by atoms with Crippen LogP contribution in [-0.2, 0) is 0 Å². The van der Waals surface area contributed by atoms with Gasteiger partial charge >= 0.3 is 0 Å². The van der Waals surface area contributed by atoms with Gasteiger partial charge in [0.2, 0.25) is 0 Å². The van der Waals surface area contributed by atoms with Gasteiger partial charge in [-0.1, -0.05) is 0 Å². The number of hydrogen-bond acceptors (Lipinski definition) is 2. The van der Waals surface area contributed by atoms with Crippen molar-refractivity contribution in [1.29, 1.82) is 0 Å². The maximum atomic E-state index is 5.19. The van der Waals surface area contributed by atoms with Gasteiger partial charge in [0.25, 0.3) is 0 Å². The fraction of sp³-hybridized carbons (Fsp3) is 0.750. The zero-order chi connectivity index (χ0) is 5.70. The van der Waals surface area contributed by atoms with E-state index < -0.39 is 0 Å². The maximum Gasteiger partial charge on any atom is 0.0905 e. The van der Waals surface area contributed by atoms with E-state index in [1.54, 1.807) is 6.92 Å². The molecule has 0 atom stereocenters. The Kier molecular flexibility index (Phi) is 3.89. The highest BCUT2D eigenvalue weighted by Gasteiger charge is 1.74.